The van der Waals surface area contributed by atoms with Gasteiger partial charge in [-0.05, 0) is 54.8 Å². The summed E-state index contributed by atoms with van der Waals surface area (Å²) in [7, 11) is 0. The first-order chi connectivity index (χ1) is 12.6. The van der Waals surface area contributed by atoms with Crippen LogP contribution < -0.4 is 0 Å². The van der Waals surface area contributed by atoms with Crippen LogP contribution in [0.4, 0.5) is 0 Å². The Morgan fingerprint density at radius 3 is 2.81 bits per heavy atom. The molecular weight excluding hydrogens is 366 g/mol. The van der Waals surface area contributed by atoms with Crippen molar-refractivity contribution in [3.63, 3.8) is 0 Å². The largest absolute Gasteiger partial charge is 0.450 e. The van der Waals surface area contributed by atoms with Gasteiger partial charge in [-0.2, -0.15) is 0 Å². The van der Waals surface area contributed by atoms with E-state index in [2.05, 4.69) is 4.98 Å². The van der Waals surface area contributed by atoms with E-state index >= 15 is 0 Å². The molecule has 4 rings (SSSR count). The van der Waals surface area contributed by atoms with Crippen LogP contribution in [0.15, 0.2) is 41.1 Å². The van der Waals surface area contributed by atoms with E-state index in [4.69, 9.17) is 4.74 Å². The maximum absolute atomic E-state index is 12.6. The molecule has 0 fully saturated rings. The number of benzene rings is 1. The molecule has 0 aliphatic heterocycles. The molecule has 1 aliphatic carbocycles. The normalized spacial score (nSPS) is 14.0. The van der Waals surface area contributed by atoms with Crippen molar-refractivity contribution in [2.45, 2.75) is 32.3 Å². The van der Waals surface area contributed by atoms with Gasteiger partial charge in [0.25, 0.3) is 0 Å². The summed E-state index contributed by atoms with van der Waals surface area (Å²) < 4.78 is 5.36. The molecule has 0 N–H and O–H groups in total. The van der Waals surface area contributed by atoms with Gasteiger partial charge < -0.3 is 4.74 Å². The molecule has 2 heterocycles. The van der Waals surface area contributed by atoms with E-state index in [0.717, 1.165) is 29.1 Å². The van der Waals surface area contributed by atoms with Gasteiger partial charge in [-0.25, -0.2) is 9.78 Å². The minimum atomic E-state index is -0.839. The summed E-state index contributed by atoms with van der Waals surface area (Å²) in [5.74, 6) is -0.743. The third-order valence-corrected chi connectivity index (χ3v) is 6.36. The second kappa shape index (κ2) is 7.13. The van der Waals surface area contributed by atoms with Crippen LogP contribution in [0, 0.1) is 0 Å². The Labute approximate surface area is 159 Å². The lowest BCUT2D eigenvalue weighted by molar-refractivity contribution is 0.0314. The van der Waals surface area contributed by atoms with Crippen LogP contribution in [0.2, 0.25) is 0 Å². The minimum Gasteiger partial charge on any atom is -0.450 e. The van der Waals surface area contributed by atoms with Crippen LogP contribution in [-0.2, 0) is 17.6 Å². The lowest BCUT2D eigenvalue weighted by Gasteiger charge is -2.12. The van der Waals surface area contributed by atoms with E-state index in [1.807, 2.05) is 35.7 Å². The monoisotopic (exact) mass is 383 g/mol. The number of carbonyl (C=O) groups excluding carboxylic acids is 2. The summed E-state index contributed by atoms with van der Waals surface area (Å²) in [6.07, 6.45) is 2.38. The molecule has 0 bridgehead atoms. The van der Waals surface area contributed by atoms with Crippen LogP contribution in [-0.4, -0.2) is 22.8 Å². The number of nitrogens with zero attached hydrogens (tertiary/aromatic N) is 1. The predicted molar refractivity (Wildman–Crippen MR) is 103 cm³/mol. The van der Waals surface area contributed by atoms with Crippen LogP contribution in [0.5, 0.6) is 0 Å². The van der Waals surface area contributed by atoms with Crippen LogP contribution in [0.3, 0.4) is 0 Å². The predicted octanol–water partition coefficient (Wildman–Crippen LogP) is 4.79. The van der Waals surface area contributed by atoms with Crippen LogP contribution in [0.25, 0.3) is 9.88 Å². The van der Waals surface area contributed by atoms with Gasteiger partial charge in [0.05, 0.1) is 4.88 Å². The number of carbonyl (C=O) groups is 2. The number of rotatable bonds is 5. The zero-order valence-corrected chi connectivity index (χ0v) is 15.9. The molecule has 0 unspecified atom stereocenters. The molecule has 2 aromatic heterocycles. The van der Waals surface area contributed by atoms with Crippen molar-refractivity contribution in [2.24, 2.45) is 0 Å². The van der Waals surface area contributed by atoms with Gasteiger partial charge in [0.15, 0.2) is 11.8 Å². The molecule has 0 spiro atoms. The van der Waals surface area contributed by atoms with Gasteiger partial charge >= 0.3 is 5.97 Å². The second-order valence-corrected chi connectivity index (χ2v) is 8.07. The van der Waals surface area contributed by atoms with Crippen molar-refractivity contribution in [3.8, 4) is 9.88 Å². The SMILES string of the molecule is C[C@H](OC(=O)c1csc(-c2cccs2)n1)C(=O)c1ccc2c(c1)CCC2. The fourth-order valence-electron chi connectivity index (χ4n) is 3.12. The molecule has 3 aromatic rings. The molecule has 0 amide bonds. The smallest absolute Gasteiger partial charge is 0.358 e. The van der Waals surface area contributed by atoms with E-state index in [-0.39, 0.29) is 11.5 Å². The zero-order chi connectivity index (χ0) is 18.1. The highest BCUT2D eigenvalue weighted by Crippen LogP contribution is 2.28. The molecule has 0 radical (unpaired) electrons. The van der Waals surface area contributed by atoms with Crippen LogP contribution in [0.1, 0.15) is 45.3 Å². The van der Waals surface area contributed by atoms with E-state index in [0.29, 0.717) is 5.56 Å². The Balaban J connectivity index is 1.45. The number of aryl methyl sites for hydroxylation is 2. The summed E-state index contributed by atoms with van der Waals surface area (Å²) in [5, 5.41) is 4.42. The highest BCUT2D eigenvalue weighted by Gasteiger charge is 2.23. The Kier molecular flexibility index (Phi) is 4.70. The van der Waals surface area contributed by atoms with Gasteiger partial charge in [-0.3, -0.25) is 4.79 Å². The number of esters is 1. The quantitative estimate of drug-likeness (QED) is 0.470. The number of thiazole rings is 1. The van der Waals surface area contributed by atoms with E-state index in [9.17, 15) is 9.59 Å². The second-order valence-electron chi connectivity index (χ2n) is 6.26. The molecule has 4 nitrogen and oxygen atoms in total. The topological polar surface area (TPSA) is 56.3 Å². The fraction of sp³-hybridized carbons (Fsp3) is 0.250. The third-order valence-electron chi connectivity index (χ3n) is 4.48. The lowest BCUT2D eigenvalue weighted by Crippen LogP contribution is -2.24. The fourth-order valence-corrected chi connectivity index (χ4v) is 4.72. The first-order valence-electron chi connectivity index (χ1n) is 8.48. The summed E-state index contributed by atoms with van der Waals surface area (Å²) in [6.45, 7) is 1.61. The van der Waals surface area contributed by atoms with Gasteiger partial charge in [0, 0.05) is 10.9 Å². The van der Waals surface area contributed by atoms with Gasteiger partial charge in [0.2, 0.25) is 5.78 Å². The number of ether oxygens (including phenoxy) is 1. The first kappa shape index (κ1) is 17.1. The number of aromatic nitrogens is 1. The van der Waals surface area contributed by atoms with Gasteiger partial charge in [-0.15, -0.1) is 22.7 Å². The van der Waals surface area contributed by atoms with Gasteiger partial charge in [-0.1, -0.05) is 18.2 Å². The highest BCUT2D eigenvalue weighted by molar-refractivity contribution is 7.20. The molecule has 1 aliphatic rings. The zero-order valence-electron chi connectivity index (χ0n) is 14.2. The van der Waals surface area contributed by atoms with E-state index < -0.39 is 12.1 Å². The summed E-state index contributed by atoms with van der Waals surface area (Å²) in [5.41, 5.74) is 3.39. The summed E-state index contributed by atoms with van der Waals surface area (Å²) in [6, 6.07) is 9.68. The van der Waals surface area contributed by atoms with Crippen molar-refractivity contribution in [3.05, 3.63) is 63.5 Å². The Morgan fingerprint density at radius 1 is 1.15 bits per heavy atom. The first-order valence-corrected chi connectivity index (χ1v) is 10.2. The number of fused-ring (bicyclic) bond motifs is 1. The summed E-state index contributed by atoms with van der Waals surface area (Å²) in [4.78, 5) is 30.3. The van der Waals surface area contributed by atoms with E-state index in [1.54, 1.807) is 23.6 Å². The van der Waals surface area contributed by atoms with Crippen molar-refractivity contribution in [1.29, 1.82) is 0 Å². The van der Waals surface area contributed by atoms with Crippen molar-refractivity contribution < 1.29 is 14.3 Å². The standard InChI is InChI=1S/C20H17NO3S2/c1-12(18(22)15-8-7-13-4-2-5-14(13)10-15)24-20(23)16-11-26-19(21-16)17-6-3-9-25-17/h3,6-12H,2,4-5H2,1H3/t12-/m0/s1. The Bertz CT molecular complexity index is 959. The molecule has 0 saturated carbocycles. The average molecular weight is 383 g/mol. The van der Waals surface area contributed by atoms with Crippen molar-refractivity contribution in [1.82, 2.24) is 4.98 Å². The number of hydrogen-bond acceptors (Lipinski definition) is 6. The summed E-state index contributed by atoms with van der Waals surface area (Å²) >= 11 is 2.96. The lowest BCUT2D eigenvalue weighted by atomic mass is 10.0. The maximum Gasteiger partial charge on any atom is 0.358 e. The number of thiophene rings is 1. The number of Topliss-reactive ketones (excluding diaryl/α,β-unsaturated/α-hetero) is 1. The highest BCUT2D eigenvalue weighted by atomic mass is 32.1. The van der Waals surface area contributed by atoms with Crippen LogP contribution >= 0.6 is 22.7 Å². The Hall–Kier alpha value is -2.31. The Morgan fingerprint density at radius 2 is 2.00 bits per heavy atom. The van der Waals surface area contributed by atoms with Crippen molar-refractivity contribution >= 4 is 34.4 Å². The molecule has 26 heavy (non-hydrogen) atoms. The third kappa shape index (κ3) is 3.34. The maximum atomic E-state index is 12.6. The molecule has 1 atom stereocenters. The number of ketones is 1. The average Bonchev–Trinajstić information content (AvgIpc) is 3.40. The molecule has 1 aromatic carbocycles. The molecule has 6 heteroatoms. The van der Waals surface area contributed by atoms with Crippen molar-refractivity contribution in [2.75, 3.05) is 0 Å². The van der Waals surface area contributed by atoms with Gasteiger partial charge in [0.1, 0.15) is 5.01 Å². The molecular formula is C20H17NO3S2. The molecule has 0 saturated heterocycles. The molecule has 132 valence electrons. The number of hydrogen-bond donors (Lipinski definition) is 0. The minimum absolute atomic E-state index is 0.179. The van der Waals surface area contributed by atoms with E-state index in [1.165, 1.54) is 22.5 Å².